The van der Waals surface area contributed by atoms with Crippen molar-refractivity contribution in [1.29, 1.82) is 0 Å². The van der Waals surface area contributed by atoms with Crippen molar-refractivity contribution < 1.29 is 14.3 Å². The fraction of sp³-hybridized carbons (Fsp3) is 0.409. The van der Waals surface area contributed by atoms with Crippen LogP contribution in [0.15, 0.2) is 48.5 Å². The molecule has 2 aromatic rings. The summed E-state index contributed by atoms with van der Waals surface area (Å²) in [6.45, 7) is 5.15. The molecule has 1 unspecified atom stereocenters. The number of hydrogen-bond donors (Lipinski definition) is 0. The van der Waals surface area contributed by atoms with Gasteiger partial charge in [-0.15, -0.1) is 0 Å². The Hall–Kier alpha value is -2.33. The molecule has 0 radical (unpaired) electrons. The molecule has 26 heavy (non-hydrogen) atoms. The fourth-order valence-electron chi connectivity index (χ4n) is 3.87. The van der Waals surface area contributed by atoms with Crippen LogP contribution in [0.25, 0.3) is 0 Å². The van der Waals surface area contributed by atoms with E-state index in [0.29, 0.717) is 0 Å². The lowest BCUT2D eigenvalue weighted by Crippen LogP contribution is -2.29. The van der Waals surface area contributed by atoms with E-state index in [9.17, 15) is 4.79 Å². The van der Waals surface area contributed by atoms with E-state index >= 15 is 0 Å². The molecule has 4 heteroatoms. The second-order valence-corrected chi connectivity index (χ2v) is 7.11. The van der Waals surface area contributed by atoms with Crippen LogP contribution in [0, 0.1) is 0 Å². The van der Waals surface area contributed by atoms with E-state index in [1.807, 2.05) is 48.5 Å². The summed E-state index contributed by atoms with van der Waals surface area (Å²) < 4.78 is 11.9. The van der Waals surface area contributed by atoms with Crippen LogP contribution in [0.4, 0.5) is 0 Å². The summed E-state index contributed by atoms with van der Waals surface area (Å²) in [5.74, 6) is 0.893. The van der Waals surface area contributed by atoms with E-state index in [1.54, 1.807) is 0 Å². The highest BCUT2D eigenvalue weighted by molar-refractivity contribution is 5.85. The standard InChI is InChI=1S/C22H25NO3/c1-2-3-13-23-14-12-16(15-23)25-22(24)21-17-8-4-6-10-19(17)26-20-11-7-5-9-18(20)21/h4-11,16,21H,2-3,12-15H2,1H3. The van der Waals surface area contributed by atoms with E-state index in [2.05, 4.69) is 11.8 Å². The molecule has 1 fully saturated rings. The van der Waals surface area contributed by atoms with Gasteiger partial charge in [0.25, 0.3) is 0 Å². The Morgan fingerprint density at radius 3 is 2.42 bits per heavy atom. The monoisotopic (exact) mass is 351 g/mol. The zero-order valence-corrected chi connectivity index (χ0v) is 15.2. The molecule has 2 aliphatic rings. The first-order valence-corrected chi connectivity index (χ1v) is 9.55. The molecule has 0 amide bonds. The highest BCUT2D eigenvalue weighted by Crippen LogP contribution is 2.44. The number of likely N-dealkylation sites (tertiary alicyclic amines) is 1. The summed E-state index contributed by atoms with van der Waals surface area (Å²) in [4.78, 5) is 15.5. The third-order valence-corrected chi connectivity index (χ3v) is 5.26. The first-order valence-electron chi connectivity index (χ1n) is 9.55. The summed E-state index contributed by atoms with van der Waals surface area (Å²) in [6.07, 6.45) is 3.29. The van der Waals surface area contributed by atoms with Gasteiger partial charge in [-0.25, -0.2) is 0 Å². The summed E-state index contributed by atoms with van der Waals surface area (Å²) >= 11 is 0. The van der Waals surface area contributed by atoms with Gasteiger partial charge < -0.3 is 9.47 Å². The normalized spacial score (nSPS) is 19.5. The smallest absolute Gasteiger partial charge is 0.318 e. The van der Waals surface area contributed by atoms with Crippen LogP contribution in [0.1, 0.15) is 43.2 Å². The molecule has 2 aromatic carbocycles. The van der Waals surface area contributed by atoms with Crippen LogP contribution >= 0.6 is 0 Å². The van der Waals surface area contributed by atoms with Gasteiger partial charge in [-0.05, 0) is 31.5 Å². The van der Waals surface area contributed by atoms with Crippen LogP contribution in [0.3, 0.4) is 0 Å². The second-order valence-electron chi connectivity index (χ2n) is 7.11. The predicted molar refractivity (Wildman–Crippen MR) is 101 cm³/mol. The third kappa shape index (κ3) is 3.34. The van der Waals surface area contributed by atoms with E-state index in [1.165, 1.54) is 12.8 Å². The average molecular weight is 351 g/mol. The maximum Gasteiger partial charge on any atom is 0.318 e. The van der Waals surface area contributed by atoms with Gasteiger partial charge in [0.2, 0.25) is 0 Å². The number of rotatable bonds is 5. The van der Waals surface area contributed by atoms with E-state index in [0.717, 1.165) is 48.7 Å². The number of ether oxygens (including phenoxy) is 2. The van der Waals surface area contributed by atoms with E-state index in [4.69, 9.17) is 9.47 Å². The molecular formula is C22H25NO3. The minimum atomic E-state index is -0.416. The Morgan fingerprint density at radius 2 is 1.77 bits per heavy atom. The minimum absolute atomic E-state index is 0.0125. The van der Waals surface area contributed by atoms with Crippen LogP contribution in [0.2, 0.25) is 0 Å². The van der Waals surface area contributed by atoms with Gasteiger partial charge in [-0.1, -0.05) is 49.7 Å². The van der Waals surface area contributed by atoms with Crippen molar-refractivity contribution in [1.82, 2.24) is 4.90 Å². The van der Waals surface area contributed by atoms with Gasteiger partial charge in [0.05, 0.1) is 0 Å². The quantitative estimate of drug-likeness (QED) is 0.751. The molecule has 136 valence electrons. The van der Waals surface area contributed by atoms with Crippen molar-refractivity contribution in [3.8, 4) is 11.5 Å². The molecule has 0 saturated carbocycles. The number of fused-ring (bicyclic) bond motifs is 2. The maximum absolute atomic E-state index is 13.1. The summed E-state index contributed by atoms with van der Waals surface area (Å²) in [5, 5.41) is 0. The lowest BCUT2D eigenvalue weighted by Gasteiger charge is -2.27. The summed E-state index contributed by atoms with van der Waals surface area (Å²) in [7, 11) is 0. The van der Waals surface area contributed by atoms with Crippen LogP contribution in [0.5, 0.6) is 11.5 Å². The first kappa shape index (κ1) is 17.1. The van der Waals surface area contributed by atoms with Gasteiger partial charge in [0.15, 0.2) is 0 Å². The van der Waals surface area contributed by atoms with Crippen LogP contribution in [-0.4, -0.2) is 36.6 Å². The summed E-state index contributed by atoms with van der Waals surface area (Å²) in [6, 6.07) is 15.5. The lowest BCUT2D eigenvalue weighted by molar-refractivity contribution is -0.149. The number of carbonyl (C=O) groups excluding carboxylic acids is 1. The Balaban J connectivity index is 1.53. The number of benzene rings is 2. The number of unbranched alkanes of at least 4 members (excludes halogenated alkanes) is 1. The Morgan fingerprint density at radius 1 is 1.12 bits per heavy atom. The molecule has 0 aliphatic carbocycles. The maximum atomic E-state index is 13.1. The number of hydrogen-bond acceptors (Lipinski definition) is 4. The van der Waals surface area contributed by atoms with Crippen molar-refractivity contribution in [2.75, 3.05) is 19.6 Å². The SMILES string of the molecule is CCCCN1CCC(OC(=O)C2c3ccccc3Oc3ccccc32)C1. The van der Waals surface area contributed by atoms with Crippen molar-refractivity contribution in [2.45, 2.75) is 38.2 Å². The van der Waals surface area contributed by atoms with Crippen molar-refractivity contribution >= 4 is 5.97 Å². The Bertz CT molecular complexity index is 743. The molecule has 4 rings (SSSR count). The van der Waals surface area contributed by atoms with Crippen molar-refractivity contribution in [3.05, 3.63) is 59.7 Å². The van der Waals surface area contributed by atoms with Gasteiger partial charge in [-0.3, -0.25) is 9.69 Å². The van der Waals surface area contributed by atoms with Crippen molar-refractivity contribution in [3.63, 3.8) is 0 Å². The lowest BCUT2D eigenvalue weighted by atomic mass is 9.88. The predicted octanol–water partition coefficient (Wildman–Crippen LogP) is 4.34. The molecule has 4 nitrogen and oxygen atoms in total. The Kier molecular flexibility index (Phi) is 4.93. The van der Waals surface area contributed by atoms with Crippen LogP contribution < -0.4 is 4.74 Å². The van der Waals surface area contributed by atoms with Crippen molar-refractivity contribution in [2.24, 2.45) is 0 Å². The number of carbonyl (C=O) groups is 1. The van der Waals surface area contributed by atoms with Gasteiger partial charge in [-0.2, -0.15) is 0 Å². The molecule has 2 aliphatic heterocycles. The largest absolute Gasteiger partial charge is 0.460 e. The molecule has 0 N–H and O–H groups in total. The number of nitrogens with zero attached hydrogens (tertiary/aromatic N) is 1. The highest BCUT2D eigenvalue weighted by atomic mass is 16.5. The molecule has 0 spiro atoms. The van der Waals surface area contributed by atoms with Crippen LogP contribution in [-0.2, 0) is 9.53 Å². The van der Waals surface area contributed by atoms with Gasteiger partial charge in [0, 0.05) is 24.2 Å². The molecular weight excluding hydrogens is 326 g/mol. The third-order valence-electron chi connectivity index (χ3n) is 5.26. The van der Waals surface area contributed by atoms with E-state index < -0.39 is 5.92 Å². The van der Waals surface area contributed by atoms with E-state index in [-0.39, 0.29) is 12.1 Å². The number of para-hydroxylation sites is 2. The molecule has 0 bridgehead atoms. The van der Waals surface area contributed by atoms with Gasteiger partial charge in [0.1, 0.15) is 23.5 Å². The molecule has 0 aromatic heterocycles. The average Bonchev–Trinajstić information content (AvgIpc) is 3.11. The first-order chi connectivity index (χ1) is 12.8. The molecule has 1 atom stereocenters. The fourth-order valence-corrected chi connectivity index (χ4v) is 3.87. The highest BCUT2D eigenvalue weighted by Gasteiger charge is 2.36. The minimum Gasteiger partial charge on any atom is -0.460 e. The molecule has 1 saturated heterocycles. The molecule has 2 heterocycles. The topological polar surface area (TPSA) is 38.8 Å². The second kappa shape index (κ2) is 7.50. The Labute approximate surface area is 154 Å². The number of esters is 1. The van der Waals surface area contributed by atoms with Gasteiger partial charge >= 0.3 is 5.97 Å². The zero-order chi connectivity index (χ0) is 17.9. The zero-order valence-electron chi connectivity index (χ0n) is 15.2. The summed E-state index contributed by atoms with van der Waals surface area (Å²) in [5.41, 5.74) is 1.77.